The number of benzene rings is 1. The highest BCUT2D eigenvalue weighted by Gasteiger charge is 2.14. The minimum absolute atomic E-state index is 0.174. The van der Waals surface area contributed by atoms with Crippen LogP contribution in [0.15, 0.2) is 65.4 Å². The van der Waals surface area contributed by atoms with Gasteiger partial charge >= 0.3 is 0 Å². The Kier molecular flexibility index (Phi) is 4.42. The standard InChI is InChI=1S/C15H12BrN3O/c1-3-17-13(10(2)16)15(20)19-12-8-4-6-11-7-5-9-18-14(11)12/h3-9H,1-2H2,(H,19,20). The number of amides is 1. The van der Waals surface area contributed by atoms with Crippen LogP contribution in [-0.2, 0) is 4.79 Å². The van der Waals surface area contributed by atoms with Crippen LogP contribution in [0.3, 0.4) is 0 Å². The zero-order chi connectivity index (χ0) is 14.5. The molecule has 1 aromatic carbocycles. The Morgan fingerprint density at radius 3 is 2.80 bits per heavy atom. The molecule has 0 saturated heterocycles. The number of rotatable bonds is 4. The third-order valence-corrected chi connectivity index (χ3v) is 2.95. The maximum atomic E-state index is 12.2. The summed E-state index contributed by atoms with van der Waals surface area (Å²) in [6, 6.07) is 9.35. The molecule has 0 radical (unpaired) electrons. The molecule has 0 saturated carbocycles. The highest BCUT2D eigenvalue weighted by molar-refractivity contribution is 9.12. The fraction of sp³-hybridized carbons (Fsp3) is 0. The van der Waals surface area contributed by atoms with Crippen molar-refractivity contribution in [2.75, 3.05) is 5.32 Å². The van der Waals surface area contributed by atoms with E-state index in [1.807, 2.05) is 24.3 Å². The first-order valence-electron chi connectivity index (χ1n) is 5.82. The van der Waals surface area contributed by atoms with Crippen LogP contribution in [0.2, 0.25) is 0 Å². The molecule has 2 aromatic rings. The summed E-state index contributed by atoms with van der Waals surface area (Å²) in [5.74, 6) is -0.370. The molecule has 100 valence electrons. The molecule has 4 nitrogen and oxygen atoms in total. The summed E-state index contributed by atoms with van der Waals surface area (Å²) in [7, 11) is 0. The Morgan fingerprint density at radius 2 is 2.10 bits per heavy atom. The SMILES string of the molecule is C=CN=C(C(=C)Br)C(=O)Nc1cccc2cccnc12. The fourth-order valence-electron chi connectivity index (χ4n) is 1.73. The predicted molar refractivity (Wildman–Crippen MR) is 86.1 cm³/mol. The Labute approximate surface area is 125 Å². The summed E-state index contributed by atoms with van der Waals surface area (Å²) < 4.78 is 0.392. The van der Waals surface area contributed by atoms with E-state index in [4.69, 9.17) is 0 Å². The van der Waals surface area contributed by atoms with Crippen LogP contribution in [0, 0.1) is 0 Å². The maximum absolute atomic E-state index is 12.2. The van der Waals surface area contributed by atoms with Crippen molar-refractivity contribution in [3.63, 3.8) is 0 Å². The summed E-state index contributed by atoms with van der Waals surface area (Å²) in [6.07, 6.45) is 2.98. The summed E-state index contributed by atoms with van der Waals surface area (Å²) >= 11 is 3.16. The number of nitrogens with zero attached hydrogens (tertiary/aromatic N) is 2. The number of hydrogen-bond acceptors (Lipinski definition) is 3. The van der Waals surface area contributed by atoms with E-state index in [0.717, 1.165) is 10.9 Å². The molecular weight excluding hydrogens is 318 g/mol. The Hall–Kier alpha value is -2.27. The zero-order valence-electron chi connectivity index (χ0n) is 10.6. The number of anilines is 1. The first kappa shape index (κ1) is 14.1. The topological polar surface area (TPSA) is 54.4 Å². The van der Waals surface area contributed by atoms with Crippen LogP contribution < -0.4 is 5.32 Å². The van der Waals surface area contributed by atoms with E-state index in [9.17, 15) is 4.79 Å². The second kappa shape index (κ2) is 6.25. The predicted octanol–water partition coefficient (Wildman–Crippen LogP) is 3.67. The monoisotopic (exact) mass is 329 g/mol. The molecule has 0 bridgehead atoms. The van der Waals surface area contributed by atoms with Crippen LogP contribution in [0.25, 0.3) is 10.9 Å². The van der Waals surface area contributed by atoms with Gasteiger partial charge in [0.1, 0.15) is 5.71 Å². The average molecular weight is 330 g/mol. The van der Waals surface area contributed by atoms with Gasteiger partial charge < -0.3 is 5.32 Å². The summed E-state index contributed by atoms with van der Waals surface area (Å²) in [4.78, 5) is 20.4. The van der Waals surface area contributed by atoms with E-state index < -0.39 is 0 Å². The first-order valence-corrected chi connectivity index (χ1v) is 6.61. The molecule has 1 aromatic heterocycles. The number of carbonyl (C=O) groups is 1. The Morgan fingerprint density at radius 1 is 1.35 bits per heavy atom. The Bertz CT molecular complexity index is 717. The molecule has 1 heterocycles. The molecule has 5 heteroatoms. The summed E-state index contributed by atoms with van der Waals surface area (Å²) in [6.45, 7) is 7.14. The number of nitrogens with one attached hydrogen (secondary N) is 1. The highest BCUT2D eigenvalue weighted by Crippen LogP contribution is 2.21. The second-order valence-electron chi connectivity index (χ2n) is 3.90. The van der Waals surface area contributed by atoms with Gasteiger partial charge in [0.25, 0.3) is 5.91 Å². The molecule has 1 N–H and O–H groups in total. The molecule has 1 amide bonds. The van der Waals surface area contributed by atoms with Crippen molar-refractivity contribution in [2.24, 2.45) is 4.99 Å². The van der Waals surface area contributed by atoms with E-state index in [1.165, 1.54) is 6.20 Å². The number of hydrogen-bond donors (Lipinski definition) is 1. The van der Waals surface area contributed by atoms with Crippen molar-refractivity contribution in [1.82, 2.24) is 4.98 Å². The number of carbonyl (C=O) groups excluding carboxylic acids is 1. The van der Waals surface area contributed by atoms with Gasteiger partial charge in [-0.1, -0.05) is 31.4 Å². The van der Waals surface area contributed by atoms with Crippen molar-refractivity contribution in [1.29, 1.82) is 0 Å². The van der Waals surface area contributed by atoms with Gasteiger partial charge in [-0.3, -0.25) is 14.8 Å². The van der Waals surface area contributed by atoms with Crippen molar-refractivity contribution in [3.05, 3.63) is 60.4 Å². The zero-order valence-corrected chi connectivity index (χ0v) is 12.2. The molecule has 0 aliphatic heterocycles. The minimum atomic E-state index is -0.370. The first-order chi connectivity index (χ1) is 9.63. The molecular formula is C15H12BrN3O. The van der Waals surface area contributed by atoms with E-state index in [0.29, 0.717) is 10.2 Å². The van der Waals surface area contributed by atoms with Gasteiger partial charge in [0.15, 0.2) is 0 Å². The summed E-state index contributed by atoms with van der Waals surface area (Å²) in [5, 5.41) is 3.73. The number of pyridine rings is 1. The summed E-state index contributed by atoms with van der Waals surface area (Å²) in [5.41, 5.74) is 1.52. The lowest BCUT2D eigenvalue weighted by atomic mass is 10.2. The van der Waals surface area contributed by atoms with Crippen LogP contribution in [-0.4, -0.2) is 16.6 Å². The van der Waals surface area contributed by atoms with Crippen molar-refractivity contribution in [3.8, 4) is 0 Å². The van der Waals surface area contributed by atoms with Crippen molar-refractivity contribution >= 4 is 44.1 Å². The van der Waals surface area contributed by atoms with E-state index in [1.54, 1.807) is 12.3 Å². The van der Waals surface area contributed by atoms with Gasteiger partial charge in [-0.15, -0.1) is 0 Å². The molecule has 0 unspecified atom stereocenters. The molecule has 20 heavy (non-hydrogen) atoms. The third kappa shape index (κ3) is 3.00. The van der Waals surface area contributed by atoms with Gasteiger partial charge in [0.2, 0.25) is 0 Å². The average Bonchev–Trinajstić information content (AvgIpc) is 2.44. The molecule has 0 atom stereocenters. The minimum Gasteiger partial charge on any atom is -0.319 e. The normalized spacial score (nSPS) is 11.2. The van der Waals surface area contributed by atoms with Crippen molar-refractivity contribution in [2.45, 2.75) is 0 Å². The quantitative estimate of drug-likeness (QED) is 0.870. The van der Waals surface area contributed by atoms with Gasteiger partial charge in [0.05, 0.1) is 11.2 Å². The fourth-order valence-corrected chi connectivity index (χ4v) is 2.01. The van der Waals surface area contributed by atoms with Gasteiger partial charge in [-0.25, -0.2) is 0 Å². The van der Waals surface area contributed by atoms with Crippen LogP contribution in [0.5, 0.6) is 0 Å². The van der Waals surface area contributed by atoms with Gasteiger partial charge in [0, 0.05) is 22.3 Å². The second-order valence-corrected chi connectivity index (χ2v) is 4.86. The van der Waals surface area contributed by atoms with Crippen molar-refractivity contribution < 1.29 is 4.79 Å². The largest absolute Gasteiger partial charge is 0.319 e. The lowest BCUT2D eigenvalue weighted by Crippen LogP contribution is -2.22. The third-order valence-electron chi connectivity index (χ3n) is 2.57. The molecule has 2 rings (SSSR count). The number of aromatic nitrogens is 1. The number of fused-ring (bicyclic) bond motifs is 1. The van der Waals surface area contributed by atoms with E-state index >= 15 is 0 Å². The Balaban J connectivity index is 2.37. The van der Waals surface area contributed by atoms with Crippen LogP contribution in [0.1, 0.15) is 0 Å². The molecule has 0 aliphatic rings. The number of aliphatic imine (C=N–C) groups is 1. The van der Waals surface area contributed by atoms with Gasteiger partial charge in [-0.2, -0.15) is 0 Å². The van der Waals surface area contributed by atoms with Crippen LogP contribution >= 0.6 is 15.9 Å². The van der Waals surface area contributed by atoms with E-state index in [-0.39, 0.29) is 11.6 Å². The van der Waals surface area contributed by atoms with Gasteiger partial charge in [-0.05, 0) is 28.1 Å². The lowest BCUT2D eigenvalue weighted by molar-refractivity contribution is -0.110. The number of halogens is 1. The van der Waals surface area contributed by atoms with E-state index in [2.05, 4.69) is 44.4 Å². The number of para-hydroxylation sites is 1. The lowest BCUT2D eigenvalue weighted by Gasteiger charge is -2.08. The maximum Gasteiger partial charge on any atom is 0.275 e. The van der Waals surface area contributed by atoms with Crippen LogP contribution in [0.4, 0.5) is 5.69 Å². The smallest absolute Gasteiger partial charge is 0.275 e. The highest BCUT2D eigenvalue weighted by atomic mass is 79.9. The molecule has 0 fully saturated rings. The molecule has 0 spiro atoms. The molecule has 0 aliphatic carbocycles.